The van der Waals surface area contributed by atoms with Gasteiger partial charge in [0.15, 0.2) is 0 Å². The van der Waals surface area contributed by atoms with Crippen molar-refractivity contribution < 1.29 is 4.74 Å². The zero-order chi connectivity index (χ0) is 23.6. The largest absolute Gasteiger partial charge is 0.494 e. The van der Waals surface area contributed by atoms with Gasteiger partial charge >= 0.3 is 0 Å². The molecule has 0 saturated carbocycles. The molecule has 0 aliphatic heterocycles. The number of pyridine rings is 2. The lowest BCUT2D eigenvalue weighted by Gasteiger charge is -2.12. The average molecular weight is 456 g/mol. The summed E-state index contributed by atoms with van der Waals surface area (Å²) in [4.78, 5) is 16.3. The van der Waals surface area contributed by atoms with Crippen LogP contribution in [0, 0.1) is 0 Å². The van der Waals surface area contributed by atoms with Gasteiger partial charge in [0, 0.05) is 31.2 Å². The summed E-state index contributed by atoms with van der Waals surface area (Å²) >= 11 is 0. The maximum atomic E-state index is 11.7. The van der Waals surface area contributed by atoms with Gasteiger partial charge < -0.3 is 14.6 Å². The van der Waals surface area contributed by atoms with Crippen LogP contribution in [0.5, 0.6) is 5.75 Å². The summed E-state index contributed by atoms with van der Waals surface area (Å²) in [6, 6.07) is 24.1. The number of benzene rings is 2. The quantitative estimate of drug-likeness (QED) is 0.276. The monoisotopic (exact) mass is 455 g/mol. The third-order valence-electron chi connectivity index (χ3n) is 6.11. The molecule has 0 radical (unpaired) electrons. The second-order valence-corrected chi connectivity index (χ2v) is 8.62. The average Bonchev–Trinajstić information content (AvgIpc) is 2.87. The van der Waals surface area contributed by atoms with Crippen LogP contribution in [-0.4, -0.2) is 22.7 Å². The van der Waals surface area contributed by atoms with Crippen LogP contribution in [0.4, 0.5) is 5.69 Å². The fraction of sp³-hybridized carbons (Fsp3) is 0.310. The van der Waals surface area contributed by atoms with Crippen molar-refractivity contribution in [3.05, 3.63) is 101 Å². The molecule has 0 bridgehead atoms. The maximum absolute atomic E-state index is 11.7. The number of fused-ring (bicyclic) bond motifs is 1. The van der Waals surface area contributed by atoms with Gasteiger partial charge in [-0.15, -0.1) is 0 Å². The summed E-state index contributed by atoms with van der Waals surface area (Å²) in [5.74, 6) is 0.847. The Labute approximate surface area is 201 Å². The van der Waals surface area contributed by atoms with Gasteiger partial charge in [0.25, 0.3) is 5.56 Å². The summed E-state index contributed by atoms with van der Waals surface area (Å²) < 4.78 is 7.59. The zero-order valence-corrected chi connectivity index (χ0v) is 19.9. The number of hydrogen-bond acceptors (Lipinski definition) is 4. The van der Waals surface area contributed by atoms with E-state index < -0.39 is 0 Å². The topological polar surface area (TPSA) is 56.1 Å². The molecule has 0 unspecified atom stereocenters. The first-order valence-corrected chi connectivity index (χ1v) is 12.1. The van der Waals surface area contributed by atoms with Gasteiger partial charge in [0.2, 0.25) is 0 Å². The molecular formula is C29H33N3O2. The van der Waals surface area contributed by atoms with Crippen LogP contribution in [0.25, 0.3) is 10.9 Å². The van der Waals surface area contributed by atoms with E-state index in [0.29, 0.717) is 6.61 Å². The summed E-state index contributed by atoms with van der Waals surface area (Å²) in [6.07, 6.45) is 8.22. The van der Waals surface area contributed by atoms with E-state index in [1.807, 2.05) is 36.5 Å². The van der Waals surface area contributed by atoms with E-state index in [9.17, 15) is 4.79 Å². The van der Waals surface area contributed by atoms with Crippen molar-refractivity contribution in [2.24, 2.45) is 7.05 Å². The van der Waals surface area contributed by atoms with Gasteiger partial charge in [0.05, 0.1) is 23.5 Å². The SMILES string of the molecule is Cn1c(=O)ccc2cc(OCCCCCNc3cccnc3CCCc3ccccc3)ccc21. The smallest absolute Gasteiger partial charge is 0.250 e. The van der Waals surface area contributed by atoms with E-state index in [1.54, 1.807) is 17.7 Å². The molecule has 2 aromatic heterocycles. The molecule has 2 aromatic carbocycles. The molecule has 2 heterocycles. The second-order valence-electron chi connectivity index (χ2n) is 8.62. The van der Waals surface area contributed by atoms with Gasteiger partial charge in [-0.3, -0.25) is 9.78 Å². The molecule has 4 rings (SSSR count). The number of anilines is 1. The van der Waals surface area contributed by atoms with Crippen molar-refractivity contribution in [2.75, 3.05) is 18.5 Å². The highest BCUT2D eigenvalue weighted by molar-refractivity contribution is 5.80. The molecule has 176 valence electrons. The summed E-state index contributed by atoms with van der Waals surface area (Å²) in [7, 11) is 1.79. The Hall–Kier alpha value is -3.60. The summed E-state index contributed by atoms with van der Waals surface area (Å²) in [5.41, 5.74) is 4.60. The maximum Gasteiger partial charge on any atom is 0.250 e. The van der Waals surface area contributed by atoms with E-state index in [0.717, 1.165) is 73.1 Å². The minimum atomic E-state index is 0.000340. The first kappa shape index (κ1) is 23.6. The molecule has 0 fully saturated rings. The van der Waals surface area contributed by atoms with Gasteiger partial charge in [-0.1, -0.05) is 30.3 Å². The first-order chi connectivity index (χ1) is 16.7. The lowest BCUT2D eigenvalue weighted by molar-refractivity contribution is 0.306. The van der Waals surface area contributed by atoms with E-state index in [1.165, 1.54) is 5.56 Å². The standard InChI is InChI=1S/C29H33N3O2/c1-32-28-17-16-25(22-24(28)15-18-29(32)33)34-21-7-3-6-19-30-27-14-9-20-31-26(27)13-8-12-23-10-4-2-5-11-23/h2,4-5,9-11,14-18,20,22,30H,3,6-8,12-13,19,21H2,1H3. The van der Waals surface area contributed by atoms with Crippen LogP contribution in [0.15, 0.2) is 83.8 Å². The minimum absolute atomic E-state index is 0.000340. The Morgan fingerprint density at radius 2 is 1.76 bits per heavy atom. The lowest BCUT2D eigenvalue weighted by Crippen LogP contribution is -2.14. The predicted octanol–water partition coefficient (Wildman–Crippen LogP) is 5.77. The van der Waals surface area contributed by atoms with Crippen molar-refractivity contribution in [3.63, 3.8) is 0 Å². The Morgan fingerprint density at radius 1 is 0.882 bits per heavy atom. The van der Waals surface area contributed by atoms with E-state index in [-0.39, 0.29) is 5.56 Å². The molecule has 5 heteroatoms. The molecular weight excluding hydrogens is 422 g/mol. The Bertz CT molecular complexity index is 1250. The van der Waals surface area contributed by atoms with E-state index >= 15 is 0 Å². The van der Waals surface area contributed by atoms with Crippen LogP contribution in [0.1, 0.15) is 36.9 Å². The Morgan fingerprint density at radius 3 is 2.65 bits per heavy atom. The fourth-order valence-electron chi connectivity index (χ4n) is 4.17. The van der Waals surface area contributed by atoms with Crippen LogP contribution < -0.4 is 15.6 Å². The number of aryl methyl sites for hydroxylation is 3. The molecule has 1 N–H and O–H groups in total. The van der Waals surface area contributed by atoms with E-state index in [4.69, 9.17) is 4.74 Å². The molecule has 0 atom stereocenters. The highest BCUT2D eigenvalue weighted by Crippen LogP contribution is 2.20. The van der Waals surface area contributed by atoms with Crippen LogP contribution in [0.2, 0.25) is 0 Å². The number of nitrogens with one attached hydrogen (secondary N) is 1. The Balaban J connectivity index is 1.15. The minimum Gasteiger partial charge on any atom is -0.494 e. The highest BCUT2D eigenvalue weighted by Gasteiger charge is 2.04. The molecule has 0 saturated heterocycles. The first-order valence-electron chi connectivity index (χ1n) is 12.1. The van der Waals surface area contributed by atoms with Crippen LogP contribution >= 0.6 is 0 Å². The molecule has 0 aliphatic rings. The zero-order valence-electron chi connectivity index (χ0n) is 19.9. The number of ether oxygens (including phenoxy) is 1. The van der Waals surface area contributed by atoms with Crippen molar-refractivity contribution in [2.45, 2.75) is 38.5 Å². The fourth-order valence-corrected chi connectivity index (χ4v) is 4.17. The highest BCUT2D eigenvalue weighted by atomic mass is 16.5. The Kier molecular flexibility index (Phi) is 8.33. The van der Waals surface area contributed by atoms with Crippen molar-refractivity contribution >= 4 is 16.6 Å². The van der Waals surface area contributed by atoms with Gasteiger partial charge in [-0.25, -0.2) is 0 Å². The van der Waals surface area contributed by atoms with Crippen LogP contribution in [-0.2, 0) is 19.9 Å². The van der Waals surface area contributed by atoms with Crippen molar-refractivity contribution in [1.82, 2.24) is 9.55 Å². The molecule has 34 heavy (non-hydrogen) atoms. The second kappa shape index (κ2) is 12.0. The summed E-state index contributed by atoms with van der Waals surface area (Å²) in [6.45, 7) is 1.62. The van der Waals surface area contributed by atoms with Gasteiger partial charge in [0.1, 0.15) is 5.75 Å². The molecule has 4 aromatic rings. The third kappa shape index (κ3) is 6.47. The van der Waals surface area contributed by atoms with Gasteiger partial charge in [-0.2, -0.15) is 0 Å². The molecule has 0 aliphatic carbocycles. The van der Waals surface area contributed by atoms with Gasteiger partial charge in [-0.05, 0) is 80.5 Å². The van der Waals surface area contributed by atoms with Crippen LogP contribution in [0.3, 0.4) is 0 Å². The normalized spacial score (nSPS) is 11.0. The number of aromatic nitrogens is 2. The van der Waals surface area contributed by atoms with Crippen molar-refractivity contribution in [1.29, 1.82) is 0 Å². The summed E-state index contributed by atoms with van der Waals surface area (Å²) in [5, 5.41) is 4.58. The predicted molar refractivity (Wildman–Crippen MR) is 140 cm³/mol. The number of rotatable bonds is 12. The molecule has 5 nitrogen and oxygen atoms in total. The number of hydrogen-bond donors (Lipinski definition) is 1. The lowest BCUT2D eigenvalue weighted by atomic mass is 10.1. The molecule has 0 amide bonds. The third-order valence-corrected chi connectivity index (χ3v) is 6.11. The van der Waals surface area contributed by atoms with E-state index in [2.05, 4.69) is 46.7 Å². The van der Waals surface area contributed by atoms with Crippen molar-refractivity contribution in [3.8, 4) is 5.75 Å². The number of nitrogens with zero attached hydrogens (tertiary/aromatic N) is 2. The molecule has 0 spiro atoms. The number of unbranched alkanes of at least 4 members (excludes halogenated alkanes) is 2.